The van der Waals surface area contributed by atoms with Gasteiger partial charge >= 0.3 is 5.97 Å². The molecule has 2 unspecified atom stereocenters. The van der Waals surface area contributed by atoms with Gasteiger partial charge in [0, 0.05) is 26.3 Å². The van der Waals surface area contributed by atoms with E-state index in [1.807, 2.05) is 13.8 Å². The molecular formula is C12H18N2O5S. The van der Waals surface area contributed by atoms with Crippen molar-refractivity contribution in [1.29, 1.82) is 0 Å². The number of rotatable bonds is 3. The van der Waals surface area contributed by atoms with Crippen molar-refractivity contribution in [2.45, 2.75) is 31.0 Å². The molecule has 0 spiro atoms. The summed E-state index contributed by atoms with van der Waals surface area (Å²) in [4.78, 5) is 11.0. The van der Waals surface area contributed by atoms with E-state index in [2.05, 4.69) is 0 Å². The molecule has 20 heavy (non-hydrogen) atoms. The number of carboxylic acid groups (broad SMARTS) is 1. The molecule has 2 rings (SSSR count). The molecule has 1 N–H and O–H groups in total. The molecule has 7 nitrogen and oxygen atoms in total. The Morgan fingerprint density at radius 2 is 1.90 bits per heavy atom. The first-order chi connectivity index (χ1) is 9.21. The van der Waals surface area contributed by atoms with Gasteiger partial charge in [-0.1, -0.05) is 0 Å². The van der Waals surface area contributed by atoms with Gasteiger partial charge in [0.15, 0.2) is 0 Å². The van der Waals surface area contributed by atoms with E-state index in [0.29, 0.717) is 0 Å². The lowest BCUT2D eigenvalue weighted by Gasteiger charge is -2.34. The minimum atomic E-state index is -3.69. The lowest BCUT2D eigenvalue weighted by atomic mass is 10.3. The highest BCUT2D eigenvalue weighted by Gasteiger charge is 2.33. The zero-order valence-corrected chi connectivity index (χ0v) is 12.4. The molecule has 1 aliphatic rings. The van der Waals surface area contributed by atoms with Gasteiger partial charge in [-0.2, -0.15) is 4.31 Å². The van der Waals surface area contributed by atoms with Crippen LogP contribution in [0.15, 0.2) is 17.2 Å². The fourth-order valence-corrected chi connectivity index (χ4v) is 4.03. The van der Waals surface area contributed by atoms with E-state index >= 15 is 0 Å². The van der Waals surface area contributed by atoms with Crippen molar-refractivity contribution in [1.82, 2.24) is 8.87 Å². The van der Waals surface area contributed by atoms with Crippen molar-refractivity contribution in [3.8, 4) is 0 Å². The van der Waals surface area contributed by atoms with Crippen LogP contribution < -0.4 is 0 Å². The predicted octanol–water partition coefficient (Wildman–Crippen LogP) is 0.521. The summed E-state index contributed by atoms with van der Waals surface area (Å²) >= 11 is 0. The number of sulfonamides is 1. The van der Waals surface area contributed by atoms with E-state index < -0.39 is 16.0 Å². The molecule has 0 aliphatic carbocycles. The number of carboxylic acids is 1. The molecule has 2 atom stereocenters. The van der Waals surface area contributed by atoms with E-state index in [-0.39, 0.29) is 35.9 Å². The van der Waals surface area contributed by atoms with Crippen LogP contribution in [0.3, 0.4) is 0 Å². The first-order valence-electron chi connectivity index (χ1n) is 6.27. The second-order valence-electron chi connectivity index (χ2n) is 5.06. The Labute approximate surface area is 117 Å². The van der Waals surface area contributed by atoms with Crippen LogP contribution in [0.25, 0.3) is 0 Å². The summed E-state index contributed by atoms with van der Waals surface area (Å²) in [5, 5.41) is 8.99. The van der Waals surface area contributed by atoms with Gasteiger partial charge < -0.3 is 14.4 Å². The summed E-state index contributed by atoms with van der Waals surface area (Å²) in [6.07, 6.45) is 0.955. The van der Waals surface area contributed by atoms with Gasteiger partial charge in [0.1, 0.15) is 10.6 Å². The first-order valence-corrected chi connectivity index (χ1v) is 7.71. The maximum Gasteiger partial charge on any atom is 0.352 e. The molecule has 2 heterocycles. The number of aromatic nitrogens is 1. The Kier molecular flexibility index (Phi) is 3.90. The Morgan fingerprint density at radius 3 is 2.35 bits per heavy atom. The number of aryl methyl sites for hydroxylation is 1. The van der Waals surface area contributed by atoms with Gasteiger partial charge in [0.05, 0.1) is 12.2 Å². The van der Waals surface area contributed by atoms with E-state index in [1.165, 1.54) is 28.2 Å². The number of hydrogen-bond donors (Lipinski definition) is 1. The molecule has 1 aromatic heterocycles. The second kappa shape index (κ2) is 5.19. The zero-order valence-electron chi connectivity index (χ0n) is 11.6. The highest BCUT2D eigenvalue weighted by molar-refractivity contribution is 7.89. The van der Waals surface area contributed by atoms with Crippen molar-refractivity contribution in [3.63, 3.8) is 0 Å². The van der Waals surface area contributed by atoms with Gasteiger partial charge in [0.25, 0.3) is 0 Å². The van der Waals surface area contributed by atoms with E-state index in [9.17, 15) is 13.2 Å². The monoisotopic (exact) mass is 302 g/mol. The summed E-state index contributed by atoms with van der Waals surface area (Å²) in [5.41, 5.74) is -0.0575. The molecule has 0 bridgehead atoms. The lowest BCUT2D eigenvalue weighted by molar-refractivity contribution is -0.0440. The van der Waals surface area contributed by atoms with Crippen molar-refractivity contribution >= 4 is 16.0 Å². The number of ether oxygens (including phenoxy) is 1. The standard InChI is InChI=1S/C12H18N2O5S/c1-8-5-14(6-9(2)19-8)20(17,18)10-4-11(12(15)16)13(3)7-10/h4,7-9H,5-6H2,1-3H3,(H,15,16). The molecule has 1 aromatic rings. The van der Waals surface area contributed by atoms with Crippen molar-refractivity contribution < 1.29 is 23.1 Å². The van der Waals surface area contributed by atoms with Crippen LogP contribution in [0, 0.1) is 0 Å². The normalized spacial score (nSPS) is 24.8. The highest BCUT2D eigenvalue weighted by Crippen LogP contribution is 2.22. The Hall–Kier alpha value is -1.38. The third-order valence-electron chi connectivity index (χ3n) is 3.22. The van der Waals surface area contributed by atoms with Gasteiger partial charge in [0.2, 0.25) is 10.0 Å². The molecule has 0 saturated carbocycles. The van der Waals surface area contributed by atoms with Gasteiger partial charge in [-0.25, -0.2) is 13.2 Å². The fourth-order valence-electron chi connectivity index (χ4n) is 2.36. The molecule has 1 saturated heterocycles. The van der Waals surface area contributed by atoms with E-state index in [4.69, 9.17) is 9.84 Å². The zero-order chi connectivity index (χ0) is 15.1. The molecule has 8 heteroatoms. The minimum absolute atomic E-state index is 0.00120. The highest BCUT2D eigenvalue weighted by atomic mass is 32.2. The number of morpholine rings is 1. The van der Waals surface area contributed by atoms with Gasteiger partial charge in [-0.05, 0) is 19.9 Å². The summed E-state index contributed by atoms with van der Waals surface area (Å²) in [6.45, 7) is 4.16. The van der Waals surface area contributed by atoms with Crippen molar-refractivity contribution in [2.75, 3.05) is 13.1 Å². The van der Waals surface area contributed by atoms with Crippen LogP contribution in [0.4, 0.5) is 0 Å². The number of carbonyl (C=O) groups is 1. The maximum atomic E-state index is 12.5. The maximum absolute atomic E-state index is 12.5. The summed E-state index contributed by atoms with van der Waals surface area (Å²) in [7, 11) is -2.19. The van der Waals surface area contributed by atoms with Crippen molar-refractivity contribution in [2.24, 2.45) is 7.05 Å². The lowest BCUT2D eigenvalue weighted by Crippen LogP contribution is -2.48. The van der Waals surface area contributed by atoms with Crippen LogP contribution in [0.1, 0.15) is 24.3 Å². The van der Waals surface area contributed by atoms with Crippen LogP contribution in [-0.2, 0) is 21.8 Å². The Balaban J connectivity index is 2.35. The largest absolute Gasteiger partial charge is 0.477 e. The Morgan fingerprint density at radius 1 is 1.35 bits per heavy atom. The van der Waals surface area contributed by atoms with Crippen LogP contribution in [-0.4, -0.2) is 53.7 Å². The SMILES string of the molecule is CC1CN(S(=O)(=O)c2cc(C(=O)O)n(C)c2)CC(C)O1. The number of nitrogens with zero attached hydrogens (tertiary/aromatic N) is 2. The van der Waals surface area contributed by atoms with Gasteiger partial charge in [-0.3, -0.25) is 0 Å². The fraction of sp³-hybridized carbons (Fsp3) is 0.583. The van der Waals surface area contributed by atoms with Gasteiger partial charge in [-0.15, -0.1) is 0 Å². The third-order valence-corrected chi connectivity index (χ3v) is 5.02. The first kappa shape index (κ1) is 15.0. The summed E-state index contributed by atoms with van der Waals surface area (Å²) in [5.74, 6) is -1.15. The van der Waals surface area contributed by atoms with Crippen molar-refractivity contribution in [3.05, 3.63) is 18.0 Å². The Bertz CT molecular complexity index is 612. The van der Waals surface area contributed by atoms with Crippen LogP contribution in [0.2, 0.25) is 0 Å². The molecule has 0 aromatic carbocycles. The predicted molar refractivity (Wildman–Crippen MR) is 71.1 cm³/mol. The third kappa shape index (κ3) is 2.72. The van der Waals surface area contributed by atoms with E-state index in [1.54, 1.807) is 0 Å². The smallest absolute Gasteiger partial charge is 0.352 e. The number of aromatic carboxylic acids is 1. The summed E-state index contributed by atoms with van der Waals surface area (Å²) in [6, 6.07) is 1.18. The van der Waals surface area contributed by atoms with Crippen LogP contribution >= 0.6 is 0 Å². The molecule has 112 valence electrons. The average molecular weight is 302 g/mol. The molecule has 1 aliphatic heterocycles. The summed E-state index contributed by atoms with van der Waals surface area (Å²) < 4.78 is 33.2. The topological polar surface area (TPSA) is 88.8 Å². The van der Waals surface area contributed by atoms with Crippen LogP contribution in [0.5, 0.6) is 0 Å². The molecule has 0 amide bonds. The second-order valence-corrected chi connectivity index (χ2v) is 6.99. The molecule has 0 radical (unpaired) electrons. The molecular weight excluding hydrogens is 284 g/mol. The average Bonchev–Trinajstić information content (AvgIpc) is 2.70. The molecule has 1 fully saturated rings. The van der Waals surface area contributed by atoms with E-state index in [0.717, 1.165) is 0 Å². The minimum Gasteiger partial charge on any atom is -0.477 e. The quantitative estimate of drug-likeness (QED) is 0.879. The number of hydrogen-bond acceptors (Lipinski definition) is 4.